The third-order valence-electron chi connectivity index (χ3n) is 9.97. The molecule has 1 atom stereocenters. The van der Waals surface area contributed by atoms with E-state index in [1.54, 1.807) is 0 Å². The van der Waals surface area contributed by atoms with E-state index in [0.29, 0.717) is 29.4 Å². The number of anilines is 3. The summed E-state index contributed by atoms with van der Waals surface area (Å²) in [5.74, 6) is 1.94. The maximum atomic E-state index is 12.9. The number of hydrogen-bond acceptors (Lipinski definition) is 7. The number of halogens is 2. The largest absolute Gasteiger partial charge is 0.505 e. The number of aldehydes is 1. The molecule has 45 heavy (non-hydrogen) atoms. The lowest BCUT2D eigenvalue weighted by molar-refractivity contribution is 0.112. The number of nitrogens with zero attached hydrogens (tertiary/aromatic N) is 3. The Hall–Kier alpha value is -3.39. The van der Waals surface area contributed by atoms with Crippen molar-refractivity contribution in [2.75, 3.05) is 30.4 Å². The first-order valence-electron chi connectivity index (χ1n) is 16.3. The Labute approximate surface area is 273 Å². The van der Waals surface area contributed by atoms with Crippen molar-refractivity contribution in [3.63, 3.8) is 0 Å². The van der Waals surface area contributed by atoms with E-state index in [1.165, 1.54) is 17.5 Å². The predicted octanol–water partition coefficient (Wildman–Crippen LogP) is 8.69. The van der Waals surface area contributed by atoms with Crippen LogP contribution in [-0.2, 0) is 0 Å². The lowest BCUT2D eigenvalue weighted by Gasteiger charge is -2.33. The molecule has 8 rings (SSSR count). The van der Waals surface area contributed by atoms with Gasteiger partial charge in [0.05, 0.1) is 44.4 Å². The summed E-state index contributed by atoms with van der Waals surface area (Å²) in [5.41, 5.74) is 8.57. The fourth-order valence-corrected chi connectivity index (χ4v) is 7.66. The number of aromatic nitrogens is 2. The third kappa shape index (κ3) is 5.43. The maximum absolute atomic E-state index is 12.9. The summed E-state index contributed by atoms with van der Waals surface area (Å²) >= 11 is 13.0. The van der Waals surface area contributed by atoms with Gasteiger partial charge in [-0.25, -0.2) is 4.98 Å². The highest BCUT2D eigenvalue weighted by atomic mass is 35.5. The molecule has 4 aromatic rings. The van der Waals surface area contributed by atoms with Crippen LogP contribution in [0.4, 0.5) is 17.2 Å². The summed E-state index contributed by atoms with van der Waals surface area (Å²) in [6.07, 6.45) is 11.6. The van der Waals surface area contributed by atoms with E-state index in [0.717, 1.165) is 109 Å². The standard InChI is InChI=1S/C36H37Cl2N5O2/c1-39-24-3-2-12-43(17-24)30-11-10-23(16-40-30)41-35-26(18-44)34(21-8-9-21)42-29-15-25(19-4-5-19)31(32(33(29)35)20-6-7-20)22-13-27(37)36(45)28(38)14-22/h10-11,13-16,18-21,24,39,45H,2-9,12,17H2,1H3,(H,41,42). The van der Waals surface area contributed by atoms with Crippen LogP contribution in [0.25, 0.3) is 22.0 Å². The topological polar surface area (TPSA) is 90.4 Å². The lowest BCUT2D eigenvalue weighted by atomic mass is 9.85. The van der Waals surface area contributed by atoms with Crippen LogP contribution in [0, 0.1) is 0 Å². The number of carbonyl (C=O) groups excluding carboxylic acids is 1. The van der Waals surface area contributed by atoms with Crippen LogP contribution in [0.15, 0.2) is 36.5 Å². The smallest absolute Gasteiger partial charge is 0.154 e. The quantitative estimate of drug-likeness (QED) is 0.157. The second-order valence-corrected chi connectivity index (χ2v) is 14.1. The third-order valence-corrected chi connectivity index (χ3v) is 10.5. The van der Waals surface area contributed by atoms with Gasteiger partial charge in [0.1, 0.15) is 5.82 Å². The number of hydrogen-bond donors (Lipinski definition) is 3. The van der Waals surface area contributed by atoms with Crippen molar-refractivity contribution < 1.29 is 9.90 Å². The number of fused-ring (bicyclic) bond motifs is 1. The molecule has 0 radical (unpaired) electrons. The zero-order valence-electron chi connectivity index (χ0n) is 25.4. The number of carbonyl (C=O) groups is 1. The van der Waals surface area contributed by atoms with E-state index < -0.39 is 0 Å². The summed E-state index contributed by atoms with van der Waals surface area (Å²) < 4.78 is 0. The summed E-state index contributed by atoms with van der Waals surface area (Å²) in [7, 11) is 2.02. The molecule has 1 saturated heterocycles. The zero-order chi connectivity index (χ0) is 30.8. The fourth-order valence-electron chi connectivity index (χ4n) is 7.17. The molecule has 3 heterocycles. The van der Waals surface area contributed by atoms with Gasteiger partial charge in [0, 0.05) is 30.4 Å². The van der Waals surface area contributed by atoms with Gasteiger partial charge in [-0.05, 0) is 123 Å². The molecule has 0 amide bonds. The number of phenolic OH excluding ortho intramolecular Hbond substituents is 1. The van der Waals surface area contributed by atoms with Gasteiger partial charge in [-0.3, -0.25) is 9.78 Å². The molecule has 232 valence electrons. The van der Waals surface area contributed by atoms with Crippen molar-refractivity contribution in [3.05, 3.63) is 69.0 Å². The van der Waals surface area contributed by atoms with Gasteiger partial charge in [0.15, 0.2) is 12.0 Å². The van der Waals surface area contributed by atoms with Gasteiger partial charge in [0.2, 0.25) is 0 Å². The van der Waals surface area contributed by atoms with Crippen molar-refractivity contribution >= 4 is 57.6 Å². The number of rotatable bonds is 9. The molecule has 3 N–H and O–H groups in total. The van der Waals surface area contributed by atoms with Gasteiger partial charge < -0.3 is 20.6 Å². The Kier molecular flexibility index (Phi) is 7.39. The molecule has 2 aromatic carbocycles. The number of benzene rings is 2. The first kappa shape index (κ1) is 29.0. The minimum atomic E-state index is -0.105. The average molecular weight is 643 g/mol. The van der Waals surface area contributed by atoms with Crippen molar-refractivity contribution in [2.45, 2.75) is 75.2 Å². The average Bonchev–Trinajstić information content (AvgIpc) is 3.89. The zero-order valence-corrected chi connectivity index (χ0v) is 26.9. The van der Waals surface area contributed by atoms with E-state index in [2.05, 4.69) is 33.7 Å². The molecule has 7 nitrogen and oxygen atoms in total. The second-order valence-electron chi connectivity index (χ2n) is 13.3. The summed E-state index contributed by atoms with van der Waals surface area (Å²) in [4.78, 5) is 25.4. The van der Waals surface area contributed by atoms with Gasteiger partial charge in [-0.1, -0.05) is 23.2 Å². The molecule has 3 aliphatic carbocycles. The Morgan fingerprint density at radius 2 is 1.71 bits per heavy atom. The SMILES string of the molecule is CNC1CCCN(c2ccc(Nc3c(C=O)c(C4CC4)nc4cc(C5CC5)c(-c5cc(Cl)c(O)c(Cl)c5)c(C5CC5)c34)cn2)C1. The minimum Gasteiger partial charge on any atom is -0.505 e. The van der Waals surface area contributed by atoms with Crippen LogP contribution in [0.5, 0.6) is 5.75 Å². The Bertz CT molecular complexity index is 1790. The van der Waals surface area contributed by atoms with Crippen LogP contribution in [-0.4, -0.2) is 47.5 Å². The Morgan fingerprint density at radius 1 is 0.978 bits per heavy atom. The molecule has 4 aliphatic rings. The Morgan fingerprint density at radius 3 is 2.33 bits per heavy atom. The number of nitrogens with one attached hydrogen (secondary N) is 2. The number of aromatic hydroxyl groups is 1. The number of phenols is 1. The Balaban J connectivity index is 1.31. The van der Waals surface area contributed by atoms with E-state index in [9.17, 15) is 9.90 Å². The monoisotopic (exact) mass is 641 g/mol. The molecule has 3 saturated carbocycles. The first-order valence-corrected chi connectivity index (χ1v) is 17.0. The van der Waals surface area contributed by atoms with Crippen LogP contribution in [0.1, 0.15) is 96.3 Å². The lowest BCUT2D eigenvalue weighted by Crippen LogP contribution is -2.44. The molecule has 1 unspecified atom stereocenters. The predicted molar refractivity (Wildman–Crippen MR) is 182 cm³/mol. The molecule has 2 aromatic heterocycles. The molecular formula is C36H37Cl2N5O2. The van der Waals surface area contributed by atoms with E-state index >= 15 is 0 Å². The van der Waals surface area contributed by atoms with Crippen LogP contribution in [0.3, 0.4) is 0 Å². The number of likely N-dealkylation sites (N-methyl/N-ethyl adjacent to an activating group) is 1. The molecular weight excluding hydrogens is 605 g/mol. The normalized spacial score (nSPS) is 20.1. The maximum Gasteiger partial charge on any atom is 0.154 e. The van der Waals surface area contributed by atoms with Gasteiger partial charge in [-0.15, -0.1) is 0 Å². The van der Waals surface area contributed by atoms with Crippen molar-refractivity contribution in [1.29, 1.82) is 0 Å². The van der Waals surface area contributed by atoms with Crippen LogP contribution >= 0.6 is 23.2 Å². The van der Waals surface area contributed by atoms with Crippen molar-refractivity contribution in [3.8, 4) is 16.9 Å². The number of piperidine rings is 1. The molecule has 0 bridgehead atoms. The highest BCUT2D eigenvalue weighted by Gasteiger charge is 2.38. The number of pyridine rings is 2. The first-order chi connectivity index (χ1) is 21.9. The minimum absolute atomic E-state index is 0.105. The van der Waals surface area contributed by atoms with Crippen LogP contribution in [0.2, 0.25) is 10.0 Å². The van der Waals surface area contributed by atoms with E-state index in [1.807, 2.05) is 25.4 Å². The summed E-state index contributed by atoms with van der Waals surface area (Å²) in [5, 5.41) is 18.9. The fraction of sp³-hybridized carbons (Fsp3) is 0.417. The van der Waals surface area contributed by atoms with Crippen molar-refractivity contribution in [2.24, 2.45) is 0 Å². The van der Waals surface area contributed by atoms with Crippen LogP contribution < -0.4 is 15.5 Å². The van der Waals surface area contributed by atoms with Gasteiger partial charge in [-0.2, -0.15) is 0 Å². The van der Waals surface area contributed by atoms with E-state index in [-0.39, 0.29) is 15.8 Å². The summed E-state index contributed by atoms with van der Waals surface area (Å²) in [6.45, 7) is 1.93. The van der Waals surface area contributed by atoms with Crippen molar-refractivity contribution in [1.82, 2.24) is 15.3 Å². The van der Waals surface area contributed by atoms with Gasteiger partial charge >= 0.3 is 0 Å². The second kappa shape index (κ2) is 11.4. The van der Waals surface area contributed by atoms with Gasteiger partial charge in [0.25, 0.3) is 0 Å². The summed E-state index contributed by atoms with van der Waals surface area (Å²) in [6, 6.07) is 10.5. The molecule has 9 heteroatoms. The molecule has 1 aliphatic heterocycles. The van der Waals surface area contributed by atoms with E-state index in [4.69, 9.17) is 33.2 Å². The highest BCUT2D eigenvalue weighted by molar-refractivity contribution is 6.37. The molecule has 4 fully saturated rings. The highest BCUT2D eigenvalue weighted by Crippen LogP contribution is 2.56. The molecule has 0 spiro atoms.